The predicted octanol–water partition coefficient (Wildman–Crippen LogP) is 4.09. The van der Waals surface area contributed by atoms with E-state index in [1.165, 1.54) is 0 Å². The molecular formula is C17H33NO3. The van der Waals surface area contributed by atoms with Gasteiger partial charge in [-0.05, 0) is 19.3 Å². The van der Waals surface area contributed by atoms with E-state index in [-0.39, 0.29) is 0 Å². The Hall–Kier alpha value is -0.630. The van der Waals surface area contributed by atoms with Gasteiger partial charge in [-0.15, -0.1) is 0 Å². The Morgan fingerprint density at radius 2 is 1.05 bits per heavy atom. The fourth-order valence-corrected chi connectivity index (χ4v) is 1.75. The van der Waals surface area contributed by atoms with E-state index in [1.807, 2.05) is 0 Å². The van der Waals surface area contributed by atoms with Crippen LogP contribution in [0.3, 0.4) is 0 Å². The summed E-state index contributed by atoms with van der Waals surface area (Å²) < 4.78 is 17.0. The smallest absolute Gasteiger partial charge is 0.300 e. The van der Waals surface area contributed by atoms with Crippen LogP contribution in [0.4, 0.5) is 0 Å². The topological polar surface area (TPSA) is 32.0 Å². The van der Waals surface area contributed by atoms with Gasteiger partial charge in [-0.2, -0.15) is 0 Å². The zero-order valence-electron chi connectivity index (χ0n) is 14.2. The second-order valence-corrected chi connectivity index (χ2v) is 5.55. The van der Waals surface area contributed by atoms with Gasteiger partial charge < -0.3 is 19.1 Å². The van der Waals surface area contributed by atoms with Gasteiger partial charge in [-0.3, -0.25) is 0 Å². The molecule has 0 fully saturated rings. The fraction of sp³-hybridized carbons (Fsp3) is 0.941. The second-order valence-electron chi connectivity index (χ2n) is 5.55. The third-order valence-electron chi connectivity index (χ3n) is 3.28. The Morgan fingerprint density at radius 1 is 0.714 bits per heavy atom. The van der Waals surface area contributed by atoms with Crippen molar-refractivity contribution < 1.29 is 14.2 Å². The molecule has 0 saturated heterocycles. The molecule has 0 aromatic heterocycles. The predicted molar refractivity (Wildman–Crippen MR) is 86.5 cm³/mol. The summed E-state index contributed by atoms with van der Waals surface area (Å²) in [6.45, 7) is 17.2. The average molecular weight is 299 g/mol. The van der Waals surface area contributed by atoms with Crippen LogP contribution in [0.15, 0.2) is 0 Å². The van der Waals surface area contributed by atoms with Gasteiger partial charge in [0.1, 0.15) is 19.8 Å². The summed E-state index contributed by atoms with van der Waals surface area (Å²) in [6.07, 6.45) is 6.39. The molecule has 4 nitrogen and oxygen atoms in total. The first-order valence-electron chi connectivity index (χ1n) is 8.36. The maximum atomic E-state index is 7.53. The minimum Gasteiger partial charge on any atom is -0.373 e. The minimum atomic E-state index is -0.685. The first-order valence-corrected chi connectivity index (χ1v) is 8.36. The van der Waals surface area contributed by atoms with E-state index >= 15 is 0 Å². The summed E-state index contributed by atoms with van der Waals surface area (Å²) >= 11 is 0. The number of nitrogens with zero attached hydrogens (tertiary/aromatic N) is 1. The quantitative estimate of drug-likeness (QED) is 0.337. The van der Waals surface area contributed by atoms with Crippen molar-refractivity contribution in [2.24, 2.45) is 0 Å². The molecule has 0 rings (SSSR count). The van der Waals surface area contributed by atoms with Crippen molar-refractivity contribution in [3.8, 4) is 0 Å². The fourth-order valence-electron chi connectivity index (χ4n) is 1.75. The zero-order valence-corrected chi connectivity index (χ0v) is 14.2. The summed E-state index contributed by atoms with van der Waals surface area (Å²) in [5.74, 6) is 0. The van der Waals surface area contributed by atoms with E-state index in [0.29, 0.717) is 39.6 Å². The highest BCUT2D eigenvalue weighted by molar-refractivity contribution is 4.99. The van der Waals surface area contributed by atoms with Crippen LogP contribution in [0.25, 0.3) is 4.85 Å². The number of hydrogen-bond donors (Lipinski definition) is 0. The Morgan fingerprint density at radius 3 is 1.29 bits per heavy atom. The molecule has 0 aliphatic rings. The molecule has 21 heavy (non-hydrogen) atoms. The van der Waals surface area contributed by atoms with Gasteiger partial charge in [0.15, 0.2) is 0 Å². The van der Waals surface area contributed by atoms with Crippen molar-refractivity contribution in [1.82, 2.24) is 0 Å². The van der Waals surface area contributed by atoms with E-state index in [9.17, 15) is 0 Å². The molecule has 0 aliphatic carbocycles. The van der Waals surface area contributed by atoms with Crippen molar-refractivity contribution in [3.63, 3.8) is 0 Å². The van der Waals surface area contributed by atoms with Crippen molar-refractivity contribution in [2.75, 3.05) is 39.6 Å². The molecule has 0 aromatic carbocycles. The minimum absolute atomic E-state index is 0.398. The van der Waals surface area contributed by atoms with Crippen molar-refractivity contribution in [2.45, 2.75) is 64.8 Å². The number of unbranched alkanes of at least 4 members (excludes halogenated alkanes) is 3. The van der Waals surface area contributed by atoms with Crippen molar-refractivity contribution in [1.29, 1.82) is 0 Å². The zero-order chi connectivity index (χ0) is 15.8. The lowest BCUT2D eigenvalue weighted by molar-refractivity contribution is -0.00806. The van der Waals surface area contributed by atoms with Crippen LogP contribution >= 0.6 is 0 Å². The molecule has 124 valence electrons. The Bertz CT molecular complexity index is 232. The van der Waals surface area contributed by atoms with Gasteiger partial charge in [0.25, 0.3) is 0 Å². The maximum Gasteiger partial charge on any atom is 0.300 e. The van der Waals surface area contributed by atoms with Crippen LogP contribution in [-0.2, 0) is 14.2 Å². The van der Waals surface area contributed by atoms with Crippen molar-refractivity contribution in [3.05, 3.63) is 11.4 Å². The molecule has 0 radical (unpaired) electrons. The third-order valence-corrected chi connectivity index (χ3v) is 3.28. The molecule has 0 unspecified atom stereocenters. The number of hydrogen-bond acceptors (Lipinski definition) is 3. The van der Waals surface area contributed by atoms with Gasteiger partial charge in [-0.25, -0.2) is 6.57 Å². The Labute approximate surface area is 131 Å². The molecule has 4 heteroatoms. The molecule has 0 amide bonds. The van der Waals surface area contributed by atoms with E-state index in [4.69, 9.17) is 20.8 Å². The Balaban J connectivity index is 4.27. The van der Waals surface area contributed by atoms with Gasteiger partial charge in [0.05, 0.1) is 0 Å². The first kappa shape index (κ1) is 20.4. The van der Waals surface area contributed by atoms with E-state index in [0.717, 1.165) is 38.5 Å². The van der Waals surface area contributed by atoms with Gasteiger partial charge in [0, 0.05) is 19.8 Å². The van der Waals surface area contributed by atoms with Gasteiger partial charge in [-0.1, -0.05) is 40.0 Å². The molecule has 0 saturated carbocycles. The normalized spacial score (nSPS) is 11.5. The van der Waals surface area contributed by atoms with E-state index in [2.05, 4.69) is 25.6 Å². The van der Waals surface area contributed by atoms with Gasteiger partial charge in [0.2, 0.25) is 0 Å². The molecule has 0 aliphatic heterocycles. The van der Waals surface area contributed by atoms with Crippen LogP contribution in [0.1, 0.15) is 59.3 Å². The molecule has 0 atom stereocenters. The van der Waals surface area contributed by atoms with Crippen LogP contribution in [0.5, 0.6) is 0 Å². The lowest BCUT2D eigenvalue weighted by Crippen LogP contribution is -2.41. The van der Waals surface area contributed by atoms with Crippen LogP contribution in [0, 0.1) is 6.57 Å². The molecule has 0 spiro atoms. The first-order chi connectivity index (χ1) is 10.2. The highest BCUT2D eigenvalue weighted by Gasteiger charge is 2.38. The Kier molecular flexibility index (Phi) is 13.9. The largest absolute Gasteiger partial charge is 0.373 e. The summed E-state index contributed by atoms with van der Waals surface area (Å²) in [4.78, 5) is 3.79. The molecule has 0 aromatic rings. The monoisotopic (exact) mass is 299 g/mol. The van der Waals surface area contributed by atoms with Gasteiger partial charge >= 0.3 is 5.54 Å². The summed E-state index contributed by atoms with van der Waals surface area (Å²) in [6, 6.07) is 0. The highest BCUT2D eigenvalue weighted by atomic mass is 16.5. The summed E-state index contributed by atoms with van der Waals surface area (Å²) in [5, 5.41) is 0. The molecular weight excluding hydrogens is 266 g/mol. The molecule has 0 bridgehead atoms. The van der Waals surface area contributed by atoms with E-state index < -0.39 is 5.54 Å². The van der Waals surface area contributed by atoms with Crippen LogP contribution < -0.4 is 0 Å². The van der Waals surface area contributed by atoms with Crippen LogP contribution in [-0.4, -0.2) is 45.2 Å². The summed E-state index contributed by atoms with van der Waals surface area (Å²) in [5.41, 5.74) is -0.685. The third kappa shape index (κ3) is 10.7. The lowest BCUT2D eigenvalue weighted by atomic mass is 10.0. The second kappa shape index (κ2) is 14.3. The number of ether oxygens (including phenoxy) is 3. The van der Waals surface area contributed by atoms with E-state index in [1.54, 1.807) is 0 Å². The van der Waals surface area contributed by atoms with Crippen LogP contribution in [0.2, 0.25) is 0 Å². The number of rotatable bonds is 15. The SMILES string of the molecule is [C-]#[N+]C(COCCCC)(COCCCC)COCCCC. The maximum absolute atomic E-state index is 7.53. The lowest BCUT2D eigenvalue weighted by Gasteiger charge is -2.22. The summed E-state index contributed by atoms with van der Waals surface area (Å²) in [7, 11) is 0. The molecule has 0 N–H and O–H groups in total. The van der Waals surface area contributed by atoms with Crippen molar-refractivity contribution >= 4 is 0 Å². The molecule has 0 heterocycles. The highest BCUT2D eigenvalue weighted by Crippen LogP contribution is 2.15. The standard InChI is InChI=1S/C17H33NO3/c1-5-8-11-19-14-17(18-4,15-20-12-9-6-2)16-21-13-10-7-3/h5-16H2,1-3H3. The average Bonchev–Trinajstić information content (AvgIpc) is 2.51.